The van der Waals surface area contributed by atoms with Gasteiger partial charge in [-0.15, -0.1) is 0 Å². The highest BCUT2D eigenvalue weighted by atomic mass is 16.2. The number of rotatable bonds is 3. The van der Waals surface area contributed by atoms with Gasteiger partial charge in [0.15, 0.2) is 0 Å². The molecular formula is C20H25N3O. The first-order chi connectivity index (χ1) is 11.5. The van der Waals surface area contributed by atoms with Gasteiger partial charge in [-0.1, -0.05) is 25.1 Å². The minimum atomic E-state index is 0.0418. The lowest BCUT2D eigenvalue weighted by atomic mass is 10.00. The number of likely N-dealkylation sites (tertiary alicyclic amines) is 1. The largest absolute Gasteiger partial charge is 0.354 e. The summed E-state index contributed by atoms with van der Waals surface area (Å²) in [6, 6.07) is 9.96. The third-order valence-electron chi connectivity index (χ3n) is 4.68. The molecule has 0 saturated carbocycles. The average Bonchev–Trinajstić information content (AvgIpc) is 2.58. The second-order valence-electron chi connectivity index (χ2n) is 6.82. The number of hydrogen-bond donors (Lipinski definition) is 1. The van der Waals surface area contributed by atoms with E-state index in [4.69, 9.17) is 0 Å². The predicted molar refractivity (Wildman–Crippen MR) is 97.7 cm³/mol. The number of carbonyl (C=O) groups excluding carboxylic acids is 1. The quantitative estimate of drug-likeness (QED) is 0.915. The van der Waals surface area contributed by atoms with Crippen molar-refractivity contribution in [3.05, 3.63) is 53.3 Å². The Kier molecular flexibility index (Phi) is 4.84. The lowest BCUT2D eigenvalue weighted by molar-refractivity contribution is 0.0677. The Morgan fingerprint density at radius 3 is 2.58 bits per heavy atom. The van der Waals surface area contributed by atoms with Crippen molar-refractivity contribution in [3.8, 4) is 0 Å². The van der Waals surface area contributed by atoms with Crippen molar-refractivity contribution in [2.24, 2.45) is 5.92 Å². The van der Waals surface area contributed by atoms with Crippen molar-refractivity contribution in [3.63, 3.8) is 0 Å². The molecule has 1 amide bonds. The summed E-state index contributed by atoms with van der Waals surface area (Å²) in [4.78, 5) is 18.9. The van der Waals surface area contributed by atoms with E-state index < -0.39 is 0 Å². The molecule has 1 N–H and O–H groups in total. The van der Waals surface area contributed by atoms with Crippen molar-refractivity contribution in [1.29, 1.82) is 0 Å². The van der Waals surface area contributed by atoms with Crippen LogP contribution in [0.25, 0.3) is 0 Å². The second kappa shape index (κ2) is 7.04. The van der Waals surface area contributed by atoms with Crippen molar-refractivity contribution < 1.29 is 4.79 Å². The van der Waals surface area contributed by atoms with Crippen LogP contribution in [0.4, 0.5) is 11.4 Å². The van der Waals surface area contributed by atoms with Gasteiger partial charge in [-0.2, -0.15) is 0 Å². The van der Waals surface area contributed by atoms with Crippen LogP contribution in [0, 0.1) is 19.8 Å². The Morgan fingerprint density at radius 2 is 1.96 bits per heavy atom. The molecule has 24 heavy (non-hydrogen) atoms. The van der Waals surface area contributed by atoms with Crippen molar-refractivity contribution in [2.75, 3.05) is 18.4 Å². The number of anilines is 2. The van der Waals surface area contributed by atoms with Crippen LogP contribution < -0.4 is 5.32 Å². The van der Waals surface area contributed by atoms with Gasteiger partial charge in [-0.05, 0) is 55.9 Å². The molecule has 1 unspecified atom stereocenters. The van der Waals surface area contributed by atoms with Crippen LogP contribution in [0.5, 0.6) is 0 Å². The molecule has 1 atom stereocenters. The van der Waals surface area contributed by atoms with Gasteiger partial charge >= 0.3 is 0 Å². The zero-order valence-electron chi connectivity index (χ0n) is 14.7. The van der Waals surface area contributed by atoms with E-state index in [-0.39, 0.29) is 5.91 Å². The number of carbonyl (C=O) groups is 1. The van der Waals surface area contributed by atoms with E-state index in [1.165, 1.54) is 17.5 Å². The van der Waals surface area contributed by atoms with E-state index in [9.17, 15) is 4.79 Å². The van der Waals surface area contributed by atoms with Crippen LogP contribution in [0.2, 0.25) is 0 Å². The van der Waals surface area contributed by atoms with Crippen LogP contribution in [-0.4, -0.2) is 28.9 Å². The fourth-order valence-corrected chi connectivity index (χ4v) is 3.29. The maximum atomic E-state index is 12.6. The van der Waals surface area contributed by atoms with Crippen LogP contribution in [-0.2, 0) is 0 Å². The van der Waals surface area contributed by atoms with Crippen LogP contribution in [0.1, 0.15) is 41.4 Å². The third kappa shape index (κ3) is 3.58. The zero-order valence-corrected chi connectivity index (χ0v) is 14.7. The molecule has 126 valence electrons. The van der Waals surface area contributed by atoms with Gasteiger partial charge in [-0.25, -0.2) is 4.98 Å². The van der Waals surface area contributed by atoms with Gasteiger partial charge in [0.2, 0.25) is 0 Å². The lowest BCUT2D eigenvalue weighted by Crippen LogP contribution is -2.39. The molecule has 1 fully saturated rings. The first kappa shape index (κ1) is 16.5. The molecule has 1 aliphatic heterocycles. The number of aryl methyl sites for hydroxylation is 2. The van der Waals surface area contributed by atoms with Crippen molar-refractivity contribution in [2.45, 2.75) is 33.6 Å². The molecule has 0 radical (unpaired) electrons. The number of nitrogens with one attached hydrogen (secondary N) is 1. The van der Waals surface area contributed by atoms with Crippen molar-refractivity contribution in [1.82, 2.24) is 9.88 Å². The van der Waals surface area contributed by atoms with Crippen LogP contribution in [0.15, 0.2) is 36.5 Å². The molecule has 4 heteroatoms. The van der Waals surface area contributed by atoms with Gasteiger partial charge in [0, 0.05) is 18.8 Å². The first-order valence-corrected chi connectivity index (χ1v) is 8.63. The Hall–Kier alpha value is -2.36. The first-order valence-electron chi connectivity index (χ1n) is 8.63. The number of aromatic nitrogens is 1. The van der Waals surface area contributed by atoms with Crippen LogP contribution in [0.3, 0.4) is 0 Å². The standard InChI is InChI=1S/C20H25N3O/c1-14-6-5-11-23(13-14)20(24)18-10-9-17(12-21-18)22-19-15(2)7-4-8-16(19)3/h4,7-10,12,14,22H,5-6,11,13H2,1-3H3. The maximum absolute atomic E-state index is 12.6. The lowest BCUT2D eigenvalue weighted by Gasteiger charge is -2.30. The molecule has 2 aromatic rings. The highest BCUT2D eigenvalue weighted by Crippen LogP contribution is 2.24. The number of hydrogen-bond acceptors (Lipinski definition) is 3. The number of pyridine rings is 1. The molecular weight excluding hydrogens is 298 g/mol. The fourth-order valence-electron chi connectivity index (χ4n) is 3.29. The Bertz CT molecular complexity index is 704. The molecule has 1 aliphatic rings. The highest BCUT2D eigenvalue weighted by molar-refractivity contribution is 5.92. The van der Waals surface area contributed by atoms with Gasteiger partial charge in [-0.3, -0.25) is 4.79 Å². The fraction of sp³-hybridized carbons (Fsp3) is 0.400. The second-order valence-corrected chi connectivity index (χ2v) is 6.82. The SMILES string of the molecule is Cc1cccc(C)c1Nc1ccc(C(=O)N2CCCC(C)C2)nc1. The van der Waals surface area contributed by atoms with E-state index in [1.807, 2.05) is 17.0 Å². The molecule has 1 aromatic carbocycles. The summed E-state index contributed by atoms with van der Waals surface area (Å²) in [5.74, 6) is 0.618. The Morgan fingerprint density at radius 1 is 1.21 bits per heavy atom. The van der Waals surface area contributed by atoms with E-state index in [1.54, 1.807) is 6.20 Å². The molecule has 1 saturated heterocycles. The van der Waals surface area contributed by atoms with E-state index in [0.29, 0.717) is 11.6 Å². The molecule has 1 aromatic heterocycles. The normalized spacial score (nSPS) is 17.6. The number of piperidine rings is 1. The summed E-state index contributed by atoms with van der Waals surface area (Å²) in [6.07, 6.45) is 4.03. The molecule has 2 heterocycles. The smallest absolute Gasteiger partial charge is 0.272 e. The van der Waals surface area contributed by atoms with Crippen LogP contribution >= 0.6 is 0 Å². The molecule has 3 rings (SSSR count). The topological polar surface area (TPSA) is 45.2 Å². The zero-order chi connectivity index (χ0) is 17.1. The van der Waals surface area contributed by atoms with Gasteiger partial charge in [0.05, 0.1) is 11.9 Å². The van der Waals surface area contributed by atoms with E-state index >= 15 is 0 Å². The molecule has 0 bridgehead atoms. The number of para-hydroxylation sites is 1. The summed E-state index contributed by atoms with van der Waals surface area (Å²) >= 11 is 0. The maximum Gasteiger partial charge on any atom is 0.272 e. The Balaban J connectivity index is 1.72. The minimum Gasteiger partial charge on any atom is -0.354 e. The molecule has 0 spiro atoms. The van der Waals surface area contributed by atoms with E-state index in [2.05, 4.69) is 49.3 Å². The average molecular weight is 323 g/mol. The summed E-state index contributed by atoms with van der Waals surface area (Å²) in [7, 11) is 0. The van der Waals surface area contributed by atoms with Crippen molar-refractivity contribution >= 4 is 17.3 Å². The third-order valence-corrected chi connectivity index (χ3v) is 4.68. The summed E-state index contributed by atoms with van der Waals surface area (Å²) in [6.45, 7) is 8.04. The summed E-state index contributed by atoms with van der Waals surface area (Å²) in [5, 5.41) is 3.41. The molecule has 0 aliphatic carbocycles. The number of amides is 1. The predicted octanol–water partition coefficient (Wildman–Crippen LogP) is 4.31. The Labute approximate surface area is 143 Å². The number of benzene rings is 1. The van der Waals surface area contributed by atoms with Gasteiger partial charge in [0.25, 0.3) is 5.91 Å². The minimum absolute atomic E-state index is 0.0418. The summed E-state index contributed by atoms with van der Waals surface area (Å²) in [5.41, 5.74) is 4.91. The monoisotopic (exact) mass is 323 g/mol. The number of nitrogens with zero attached hydrogens (tertiary/aromatic N) is 2. The highest BCUT2D eigenvalue weighted by Gasteiger charge is 2.22. The van der Waals surface area contributed by atoms with E-state index in [0.717, 1.165) is 30.9 Å². The van der Waals surface area contributed by atoms with Gasteiger partial charge < -0.3 is 10.2 Å². The van der Waals surface area contributed by atoms with Gasteiger partial charge in [0.1, 0.15) is 5.69 Å². The summed E-state index contributed by atoms with van der Waals surface area (Å²) < 4.78 is 0. The molecule has 4 nitrogen and oxygen atoms in total.